The summed E-state index contributed by atoms with van der Waals surface area (Å²) in [6, 6.07) is 7.96. The Bertz CT molecular complexity index is 368. The minimum Gasteiger partial charge on any atom is -0.350 e. The first-order valence-corrected chi connectivity index (χ1v) is 6.69. The minimum absolute atomic E-state index is 0.0275. The molecule has 0 fully saturated rings. The first-order chi connectivity index (χ1) is 8.15. The van der Waals surface area contributed by atoms with Gasteiger partial charge < -0.3 is 10.6 Å². The number of hydrogen-bond acceptors (Lipinski definition) is 2. The van der Waals surface area contributed by atoms with Crippen molar-refractivity contribution in [3.63, 3.8) is 0 Å². The SMILES string of the molecule is CCNCCC(=O)NC(C)c1ccccc1Br. The third-order valence-electron chi connectivity index (χ3n) is 2.53. The summed E-state index contributed by atoms with van der Waals surface area (Å²) < 4.78 is 1.03. The largest absolute Gasteiger partial charge is 0.350 e. The van der Waals surface area contributed by atoms with Crippen molar-refractivity contribution in [1.82, 2.24) is 10.6 Å². The molecule has 94 valence electrons. The van der Waals surface area contributed by atoms with E-state index in [1.54, 1.807) is 0 Å². The van der Waals surface area contributed by atoms with E-state index in [0.29, 0.717) is 6.42 Å². The summed E-state index contributed by atoms with van der Waals surface area (Å²) in [7, 11) is 0. The van der Waals surface area contributed by atoms with E-state index in [-0.39, 0.29) is 11.9 Å². The molecule has 0 aliphatic heterocycles. The summed E-state index contributed by atoms with van der Waals surface area (Å²) in [5.41, 5.74) is 1.10. The van der Waals surface area contributed by atoms with Crippen molar-refractivity contribution in [2.24, 2.45) is 0 Å². The maximum Gasteiger partial charge on any atom is 0.221 e. The van der Waals surface area contributed by atoms with Crippen LogP contribution < -0.4 is 10.6 Å². The van der Waals surface area contributed by atoms with Gasteiger partial charge in [-0.3, -0.25) is 4.79 Å². The van der Waals surface area contributed by atoms with Crippen LogP contribution in [-0.4, -0.2) is 19.0 Å². The fraction of sp³-hybridized carbons (Fsp3) is 0.462. The second kappa shape index (κ2) is 7.45. The number of rotatable bonds is 6. The van der Waals surface area contributed by atoms with Crippen molar-refractivity contribution in [3.05, 3.63) is 34.3 Å². The highest BCUT2D eigenvalue weighted by Gasteiger charge is 2.11. The van der Waals surface area contributed by atoms with Crippen molar-refractivity contribution >= 4 is 21.8 Å². The van der Waals surface area contributed by atoms with E-state index >= 15 is 0 Å². The van der Waals surface area contributed by atoms with Crippen molar-refractivity contribution < 1.29 is 4.79 Å². The van der Waals surface area contributed by atoms with Crippen LogP contribution in [0, 0.1) is 0 Å². The molecule has 1 amide bonds. The lowest BCUT2D eigenvalue weighted by Gasteiger charge is -2.15. The molecule has 0 aliphatic rings. The highest BCUT2D eigenvalue weighted by Crippen LogP contribution is 2.22. The Labute approximate surface area is 111 Å². The zero-order chi connectivity index (χ0) is 12.7. The van der Waals surface area contributed by atoms with Crippen molar-refractivity contribution in [2.45, 2.75) is 26.3 Å². The lowest BCUT2D eigenvalue weighted by atomic mass is 10.1. The standard InChI is InChI=1S/C13H19BrN2O/c1-3-15-9-8-13(17)16-10(2)11-6-4-5-7-12(11)14/h4-7,10,15H,3,8-9H2,1-2H3,(H,16,17). The summed E-state index contributed by atoms with van der Waals surface area (Å²) in [6.07, 6.45) is 0.517. The van der Waals surface area contributed by atoms with Crippen molar-refractivity contribution in [3.8, 4) is 0 Å². The third-order valence-corrected chi connectivity index (χ3v) is 3.25. The first-order valence-electron chi connectivity index (χ1n) is 5.89. The van der Waals surface area contributed by atoms with Gasteiger partial charge in [-0.2, -0.15) is 0 Å². The number of carbonyl (C=O) groups is 1. The highest BCUT2D eigenvalue weighted by molar-refractivity contribution is 9.10. The van der Waals surface area contributed by atoms with Gasteiger partial charge in [0.15, 0.2) is 0 Å². The van der Waals surface area contributed by atoms with Gasteiger partial charge in [0.1, 0.15) is 0 Å². The average Bonchev–Trinajstić information content (AvgIpc) is 2.29. The van der Waals surface area contributed by atoms with Gasteiger partial charge in [0.05, 0.1) is 6.04 Å². The summed E-state index contributed by atoms with van der Waals surface area (Å²) in [5, 5.41) is 6.12. The molecule has 2 N–H and O–H groups in total. The zero-order valence-corrected chi connectivity index (χ0v) is 11.9. The molecular weight excluding hydrogens is 280 g/mol. The van der Waals surface area contributed by atoms with E-state index in [9.17, 15) is 4.79 Å². The number of benzene rings is 1. The maximum atomic E-state index is 11.6. The molecule has 17 heavy (non-hydrogen) atoms. The molecule has 1 aromatic rings. The van der Waals surface area contributed by atoms with E-state index in [4.69, 9.17) is 0 Å². The summed E-state index contributed by atoms with van der Waals surface area (Å²) in [6.45, 7) is 5.64. The molecule has 0 saturated heterocycles. The van der Waals surface area contributed by atoms with Gasteiger partial charge in [0.2, 0.25) is 5.91 Å². The summed E-state index contributed by atoms with van der Waals surface area (Å²) in [4.78, 5) is 11.6. The number of hydrogen-bond donors (Lipinski definition) is 2. The molecule has 4 heteroatoms. The topological polar surface area (TPSA) is 41.1 Å². The predicted octanol–water partition coefficient (Wildman–Crippen LogP) is 2.63. The van der Waals surface area contributed by atoms with Gasteiger partial charge in [0, 0.05) is 17.4 Å². The molecule has 1 rings (SSSR count). The van der Waals surface area contributed by atoms with Crippen LogP contribution >= 0.6 is 15.9 Å². The van der Waals surface area contributed by atoms with Crippen molar-refractivity contribution in [2.75, 3.05) is 13.1 Å². The molecule has 0 bridgehead atoms. The predicted molar refractivity (Wildman–Crippen MR) is 73.9 cm³/mol. The Balaban J connectivity index is 2.46. The molecule has 0 saturated carbocycles. The minimum atomic E-state index is 0.0275. The van der Waals surface area contributed by atoms with E-state index in [2.05, 4.69) is 26.6 Å². The number of carbonyl (C=O) groups excluding carboxylic acids is 1. The Hall–Kier alpha value is -0.870. The maximum absolute atomic E-state index is 11.6. The fourth-order valence-corrected chi connectivity index (χ4v) is 2.22. The lowest BCUT2D eigenvalue weighted by molar-refractivity contribution is -0.121. The molecule has 0 spiro atoms. The molecular formula is C13H19BrN2O. The van der Waals surface area contributed by atoms with Gasteiger partial charge >= 0.3 is 0 Å². The van der Waals surface area contributed by atoms with Crippen LogP contribution in [0.4, 0.5) is 0 Å². The smallest absolute Gasteiger partial charge is 0.221 e. The Morgan fingerprint density at radius 1 is 1.41 bits per heavy atom. The molecule has 0 radical (unpaired) electrons. The molecule has 3 nitrogen and oxygen atoms in total. The van der Waals surface area contributed by atoms with Crippen LogP contribution in [0.5, 0.6) is 0 Å². The van der Waals surface area contributed by atoms with E-state index in [0.717, 1.165) is 23.1 Å². The summed E-state index contributed by atoms with van der Waals surface area (Å²) in [5.74, 6) is 0.0780. The van der Waals surface area contributed by atoms with Gasteiger partial charge in [-0.05, 0) is 25.1 Å². The number of amides is 1. The Morgan fingerprint density at radius 2 is 2.12 bits per heavy atom. The third kappa shape index (κ3) is 4.88. The monoisotopic (exact) mass is 298 g/mol. The van der Waals surface area contributed by atoms with Crippen molar-refractivity contribution in [1.29, 1.82) is 0 Å². The fourth-order valence-electron chi connectivity index (χ4n) is 1.60. The van der Waals surface area contributed by atoms with E-state index < -0.39 is 0 Å². The Kier molecular flexibility index (Phi) is 6.22. The van der Waals surface area contributed by atoms with E-state index in [1.165, 1.54) is 0 Å². The van der Waals surface area contributed by atoms with Crippen LogP contribution in [0.25, 0.3) is 0 Å². The molecule has 1 unspecified atom stereocenters. The van der Waals surface area contributed by atoms with Gasteiger partial charge in [0.25, 0.3) is 0 Å². The first kappa shape index (κ1) is 14.2. The second-order valence-electron chi connectivity index (χ2n) is 3.91. The van der Waals surface area contributed by atoms with Crippen LogP contribution in [-0.2, 0) is 4.79 Å². The number of halogens is 1. The van der Waals surface area contributed by atoms with Crippen LogP contribution in [0.15, 0.2) is 28.7 Å². The van der Waals surface area contributed by atoms with E-state index in [1.807, 2.05) is 38.1 Å². The van der Waals surface area contributed by atoms with Gasteiger partial charge in [-0.25, -0.2) is 0 Å². The van der Waals surface area contributed by atoms with Crippen LogP contribution in [0.3, 0.4) is 0 Å². The van der Waals surface area contributed by atoms with Gasteiger partial charge in [-0.1, -0.05) is 41.1 Å². The number of nitrogens with one attached hydrogen (secondary N) is 2. The van der Waals surface area contributed by atoms with Gasteiger partial charge in [-0.15, -0.1) is 0 Å². The second-order valence-corrected chi connectivity index (χ2v) is 4.77. The normalized spacial score (nSPS) is 12.2. The van der Waals surface area contributed by atoms with Crippen LogP contribution in [0.2, 0.25) is 0 Å². The molecule has 0 aromatic heterocycles. The zero-order valence-electron chi connectivity index (χ0n) is 10.3. The summed E-state index contributed by atoms with van der Waals surface area (Å²) >= 11 is 3.49. The molecule has 0 heterocycles. The molecule has 1 aromatic carbocycles. The Morgan fingerprint density at radius 3 is 2.76 bits per heavy atom. The lowest BCUT2D eigenvalue weighted by Crippen LogP contribution is -2.29. The molecule has 1 atom stereocenters. The molecule has 0 aliphatic carbocycles. The quantitative estimate of drug-likeness (QED) is 0.793. The highest BCUT2D eigenvalue weighted by atomic mass is 79.9. The van der Waals surface area contributed by atoms with Crippen LogP contribution in [0.1, 0.15) is 31.9 Å². The average molecular weight is 299 g/mol.